The minimum atomic E-state index is -0.435. The number of piperazine rings is 1. The molecule has 1 saturated carbocycles. The van der Waals surface area contributed by atoms with Gasteiger partial charge in [-0.15, -0.1) is 0 Å². The second-order valence-corrected chi connectivity index (χ2v) is 8.97. The van der Waals surface area contributed by atoms with Gasteiger partial charge in [-0.25, -0.2) is 4.98 Å². The first-order chi connectivity index (χ1) is 16.9. The largest absolute Gasteiger partial charge is 0.487 e. The van der Waals surface area contributed by atoms with Crippen LogP contribution in [0.2, 0.25) is 0 Å². The summed E-state index contributed by atoms with van der Waals surface area (Å²) in [6, 6.07) is 10.3. The second-order valence-electron chi connectivity index (χ2n) is 8.97. The van der Waals surface area contributed by atoms with E-state index in [1.54, 1.807) is 25.3 Å². The summed E-state index contributed by atoms with van der Waals surface area (Å²) in [6.45, 7) is 4.27. The summed E-state index contributed by atoms with van der Waals surface area (Å²) >= 11 is 0. The third-order valence-electron chi connectivity index (χ3n) is 6.36. The lowest BCUT2D eigenvalue weighted by molar-refractivity contribution is -0.384. The molecule has 0 radical (unpaired) electrons. The molecule has 1 aromatic carbocycles. The zero-order chi connectivity index (χ0) is 24.9. The number of non-ortho nitro benzene ring substituents is 1. The number of ether oxygens (including phenoxy) is 2. The van der Waals surface area contributed by atoms with Crippen molar-refractivity contribution in [1.29, 1.82) is 5.26 Å². The van der Waals surface area contributed by atoms with Crippen LogP contribution in [-0.4, -0.2) is 60.1 Å². The van der Waals surface area contributed by atoms with Crippen LogP contribution in [0.15, 0.2) is 30.3 Å². The number of amides is 1. The molecule has 0 unspecified atom stereocenters. The quantitative estimate of drug-likeness (QED) is 0.396. The highest BCUT2D eigenvalue weighted by atomic mass is 16.6. The number of carbonyl (C=O) groups excluding carboxylic acids is 1. The van der Waals surface area contributed by atoms with Crippen molar-refractivity contribution < 1.29 is 19.2 Å². The Labute approximate surface area is 204 Å². The van der Waals surface area contributed by atoms with E-state index in [0.717, 1.165) is 18.5 Å². The number of pyridine rings is 1. The molecule has 1 atom stereocenters. The van der Waals surface area contributed by atoms with Crippen LogP contribution < -0.4 is 9.64 Å². The minimum Gasteiger partial charge on any atom is -0.487 e. The number of anilines is 1. The predicted molar refractivity (Wildman–Crippen MR) is 128 cm³/mol. The van der Waals surface area contributed by atoms with Gasteiger partial charge < -0.3 is 19.3 Å². The number of hydrogen-bond donors (Lipinski definition) is 0. The molecule has 0 spiro atoms. The van der Waals surface area contributed by atoms with Gasteiger partial charge in [0.2, 0.25) is 5.91 Å². The van der Waals surface area contributed by atoms with Crippen molar-refractivity contribution in [3.05, 3.63) is 57.3 Å². The van der Waals surface area contributed by atoms with Gasteiger partial charge in [-0.3, -0.25) is 14.9 Å². The zero-order valence-corrected chi connectivity index (χ0v) is 20.0. The third-order valence-corrected chi connectivity index (χ3v) is 6.36. The van der Waals surface area contributed by atoms with Crippen molar-refractivity contribution in [3.8, 4) is 11.8 Å². The van der Waals surface area contributed by atoms with E-state index in [4.69, 9.17) is 14.5 Å². The number of carbonyl (C=O) groups is 1. The third kappa shape index (κ3) is 5.69. The van der Waals surface area contributed by atoms with E-state index < -0.39 is 4.92 Å². The highest BCUT2D eigenvalue weighted by molar-refractivity contribution is 5.77. The van der Waals surface area contributed by atoms with Crippen molar-refractivity contribution in [2.24, 2.45) is 0 Å². The van der Waals surface area contributed by atoms with Crippen LogP contribution in [0.3, 0.4) is 0 Å². The lowest BCUT2D eigenvalue weighted by atomic mass is 10.1. The molecule has 1 amide bonds. The monoisotopic (exact) mass is 479 g/mol. The van der Waals surface area contributed by atoms with E-state index in [1.165, 1.54) is 12.1 Å². The van der Waals surface area contributed by atoms with E-state index in [2.05, 4.69) is 11.0 Å². The Morgan fingerprint density at radius 1 is 1.31 bits per heavy atom. The second kappa shape index (κ2) is 10.7. The highest BCUT2D eigenvalue weighted by Crippen LogP contribution is 2.45. The molecule has 2 aromatic rings. The van der Waals surface area contributed by atoms with Gasteiger partial charge in [0.1, 0.15) is 24.2 Å². The van der Waals surface area contributed by atoms with Crippen LogP contribution in [0.5, 0.6) is 5.75 Å². The number of nitrogens with zero attached hydrogens (tertiary/aromatic N) is 5. The van der Waals surface area contributed by atoms with Crippen molar-refractivity contribution in [3.63, 3.8) is 0 Å². The molecule has 2 heterocycles. The molecular weight excluding hydrogens is 450 g/mol. The Kier molecular flexibility index (Phi) is 7.46. The molecule has 0 N–H and O–H groups in total. The lowest BCUT2D eigenvalue weighted by Crippen LogP contribution is -2.54. The summed E-state index contributed by atoms with van der Waals surface area (Å²) in [5.41, 5.74) is 1.91. The summed E-state index contributed by atoms with van der Waals surface area (Å²) in [5.74, 6) is 1.50. The van der Waals surface area contributed by atoms with Crippen LogP contribution in [-0.2, 0) is 16.1 Å². The van der Waals surface area contributed by atoms with Crippen LogP contribution in [0.4, 0.5) is 11.5 Å². The number of nitro groups is 1. The van der Waals surface area contributed by atoms with Crippen molar-refractivity contribution in [2.45, 2.75) is 44.8 Å². The van der Waals surface area contributed by atoms with Crippen LogP contribution >= 0.6 is 0 Å². The van der Waals surface area contributed by atoms with Gasteiger partial charge in [0.25, 0.3) is 5.69 Å². The maximum Gasteiger partial charge on any atom is 0.269 e. The number of rotatable bonds is 9. The number of nitriles is 1. The topological polar surface area (TPSA) is 122 Å². The molecule has 1 aliphatic carbocycles. The van der Waals surface area contributed by atoms with Gasteiger partial charge in [0, 0.05) is 56.9 Å². The number of hydrogen-bond acceptors (Lipinski definition) is 8. The smallest absolute Gasteiger partial charge is 0.269 e. The molecule has 4 rings (SSSR count). The van der Waals surface area contributed by atoms with Crippen LogP contribution in [0.1, 0.15) is 48.9 Å². The highest BCUT2D eigenvalue weighted by Gasteiger charge is 2.33. The lowest BCUT2D eigenvalue weighted by Gasteiger charge is -2.40. The average Bonchev–Trinajstić information content (AvgIpc) is 3.71. The van der Waals surface area contributed by atoms with Gasteiger partial charge in [0.05, 0.1) is 29.2 Å². The molecular formula is C25H29N5O5. The summed E-state index contributed by atoms with van der Waals surface area (Å²) in [7, 11) is 1.58. The first-order valence-corrected chi connectivity index (χ1v) is 11.8. The number of nitro benzene ring substituents is 1. The van der Waals surface area contributed by atoms with Gasteiger partial charge in [-0.2, -0.15) is 5.26 Å². The van der Waals surface area contributed by atoms with E-state index in [1.807, 2.05) is 11.8 Å². The Bertz CT molecular complexity index is 1140. The molecule has 2 aliphatic rings. The molecule has 1 aromatic heterocycles. The summed E-state index contributed by atoms with van der Waals surface area (Å²) in [4.78, 5) is 31.9. The normalized spacial score (nSPS) is 17.7. The molecule has 2 fully saturated rings. The first kappa shape index (κ1) is 24.4. The van der Waals surface area contributed by atoms with Gasteiger partial charge in [-0.1, -0.05) is 12.1 Å². The average molecular weight is 480 g/mol. The molecule has 10 nitrogen and oxygen atoms in total. The summed E-state index contributed by atoms with van der Waals surface area (Å²) < 4.78 is 11.1. The van der Waals surface area contributed by atoms with E-state index in [9.17, 15) is 20.2 Å². The Morgan fingerprint density at radius 3 is 2.77 bits per heavy atom. The number of benzene rings is 1. The van der Waals surface area contributed by atoms with Gasteiger partial charge in [-0.05, 0) is 25.3 Å². The van der Waals surface area contributed by atoms with Crippen molar-refractivity contribution in [1.82, 2.24) is 9.88 Å². The Morgan fingerprint density at radius 2 is 2.11 bits per heavy atom. The minimum absolute atomic E-state index is 0.00803. The molecule has 184 valence electrons. The SMILES string of the molecule is COCCC(=O)N1CCN(c2nc(C3CC3)c(OCc3cccc([N+](=O)[O-])c3)cc2C#N)C[C@H]1C. The zero-order valence-electron chi connectivity index (χ0n) is 20.0. The fraction of sp³-hybridized carbons (Fsp3) is 0.480. The maximum atomic E-state index is 12.5. The number of aromatic nitrogens is 1. The van der Waals surface area contributed by atoms with Crippen molar-refractivity contribution >= 4 is 17.4 Å². The van der Waals surface area contributed by atoms with Crippen LogP contribution in [0.25, 0.3) is 0 Å². The van der Waals surface area contributed by atoms with E-state index >= 15 is 0 Å². The molecule has 1 aliphatic heterocycles. The Balaban J connectivity index is 1.53. The van der Waals surface area contributed by atoms with Gasteiger partial charge >= 0.3 is 0 Å². The van der Waals surface area contributed by atoms with Gasteiger partial charge in [0.15, 0.2) is 0 Å². The summed E-state index contributed by atoms with van der Waals surface area (Å²) in [5, 5.41) is 20.9. The first-order valence-electron chi connectivity index (χ1n) is 11.8. The summed E-state index contributed by atoms with van der Waals surface area (Å²) in [6.07, 6.45) is 2.36. The van der Waals surface area contributed by atoms with Crippen molar-refractivity contribution in [2.75, 3.05) is 38.3 Å². The molecule has 10 heteroatoms. The van der Waals surface area contributed by atoms with E-state index in [-0.39, 0.29) is 30.2 Å². The van der Waals surface area contributed by atoms with E-state index in [0.29, 0.717) is 55.4 Å². The molecule has 35 heavy (non-hydrogen) atoms. The standard InChI is InChI=1S/C25H29N5O5/c1-17-15-28(9-10-29(17)23(31)8-11-34-2)25-20(14-26)13-22(24(27-25)19-6-7-19)35-16-18-4-3-5-21(12-18)30(32)33/h3-5,12-13,17,19H,6-11,15-16H2,1-2H3/t17-/m1/s1. The maximum absolute atomic E-state index is 12.5. The fourth-order valence-corrected chi connectivity index (χ4v) is 4.36. The van der Waals surface area contributed by atoms with Crippen LogP contribution in [0, 0.1) is 21.4 Å². The number of methoxy groups -OCH3 is 1. The molecule has 0 bridgehead atoms. The predicted octanol–water partition coefficient (Wildman–Crippen LogP) is 3.39. The molecule has 1 saturated heterocycles. The fourth-order valence-electron chi connectivity index (χ4n) is 4.36. The Hall–Kier alpha value is -3.71.